The predicted octanol–water partition coefficient (Wildman–Crippen LogP) is 9.91. The van der Waals surface area contributed by atoms with Gasteiger partial charge in [0.25, 0.3) is 0 Å². The molecule has 1 aromatic heterocycles. The topological polar surface area (TPSA) is 104 Å². The van der Waals surface area contributed by atoms with E-state index < -0.39 is 48.9 Å². The second-order valence-corrected chi connectivity index (χ2v) is 16.5. The molecule has 6 aromatic rings. The van der Waals surface area contributed by atoms with Crippen LogP contribution in [0.2, 0.25) is 0 Å². The molecular formula is C52H53NO9S. The van der Waals surface area contributed by atoms with Crippen LogP contribution < -0.4 is 0 Å². The van der Waals surface area contributed by atoms with Crippen molar-refractivity contribution >= 4 is 23.1 Å². The van der Waals surface area contributed by atoms with Gasteiger partial charge in [0.1, 0.15) is 24.4 Å². The summed E-state index contributed by atoms with van der Waals surface area (Å²) in [4.78, 5) is 17.8. The Kier molecular flexibility index (Phi) is 15.9. The fraction of sp³-hybridized carbons (Fsp3) is 0.308. The van der Waals surface area contributed by atoms with Crippen molar-refractivity contribution in [1.29, 1.82) is 0 Å². The van der Waals surface area contributed by atoms with Crippen molar-refractivity contribution in [2.75, 3.05) is 13.7 Å². The van der Waals surface area contributed by atoms with Crippen molar-refractivity contribution in [3.63, 3.8) is 0 Å². The van der Waals surface area contributed by atoms with Gasteiger partial charge in [-0.3, -0.25) is 0 Å². The quantitative estimate of drug-likeness (QED) is 0.0689. The van der Waals surface area contributed by atoms with Crippen molar-refractivity contribution in [3.8, 4) is 0 Å². The molecule has 0 spiro atoms. The number of thiazole rings is 1. The Balaban J connectivity index is 1.13. The summed E-state index contributed by atoms with van der Waals surface area (Å²) in [7, 11) is 1.36. The SMILES string of the molecule is COC(=O)[C@H](O[C@@H]1C[C@H](C[C@H]2O[C@H](COCc3ccccc3)[C@@H](OCc3ccccc3)[C@H](OCc3ccccc3)[C@@H]2OCc2ccccc2)C=C(c2nccs2)O1)c1ccccc1. The van der Waals surface area contributed by atoms with Crippen LogP contribution in [-0.4, -0.2) is 61.5 Å². The first kappa shape index (κ1) is 44.1. The van der Waals surface area contributed by atoms with Crippen LogP contribution in [0.25, 0.3) is 5.76 Å². The van der Waals surface area contributed by atoms with Crippen LogP contribution in [0.15, 0.2) is 169 Å². The van der Waals surface area contributed by atoms with E-state index in [1.165, 1.54) is 18.4 Å². The number of hydrogen-bond acceptors (Lipinski definition) is 11. The molecule has 11 heteroatoms. The first-order chi connectivity index (χ1) is 31.1. The molecule has 8 rings (SSSR count). The summed E-state index contributed by atoms with van der Waals surface area (Å²) in [5.41, 5.74) is 4.80. The summed E-state index contributed by atoms with van der Waals surface area (Å²) in [6.07, 6.45) is 0.177. The number of benzene rings is 5. The van der Waals surface area contributed by atoms with Gasteiger partial charge in [-0.15, -0.1) is 11.3 Å². The van der Waals surface area contributed by atoms with Crippen LogP contribution in [-0.2, 0) is 69.1 Å². The molecule has 63 heavy (non-hydrogen) atoms. The number of carbonyl (C=O) groups excluding carboxylic acids is 1. The summed E-state index contributed by atoms with van der Waals surface area (Å²) in [6.45, 7) is 1.66. The van der Waals surface area contributed by atoms with E-state index in [4.69, 9.17) is 37.9 Å². The monoisotopic (exact) mass is 867 g/mol. The number of esters is 1. The average Bonchev–Trinajstić information content (AvgIpc) is 3.89. The fourth-order valence-electron chi connectivity index (χ4n) is 8.00. The molecular weight excluding hydrogens is 815 g/mol. The lowest BCUT2D eigenvalue weighted by molar-refractivity contribution is -0.275. The van der Waals surface area contributed by atoms with E-state index in [0.29, 0.717) is 55.6 Å². The Morgan fingerprint density at radius 2 is 1.17 bits per heavy atom. The highest BCUT2D eigenvalue weighted by Crippen LogP contribution is 2.39. The normalized spacial score (nSPS) is 22.7. The minimum atomic E-state index is -1.00. The van der Waals surface area contributed by atoms with Gasteiger partial charge in [0.05, 0.1) is 46.2 Å². The molecule has 326 valence electrons. The van der Waals surface area contributed by atoms with E-state index in [1.807, 2.05) is 121 Å². The zero-order valence-corrected chi connectivity index (χ0v) is 36.1. The minimum Gasteiger partial charge on any atom is -0.467 e. The molecule has 10 nitrogen and oxygen atoms in total. The van der Waals surface area contributed by atoms with Gasteiger partial charge in [-0.1, -0.05) is 152 Å². The maximum absolute atomic E-state index is 13.2. The molecule has 0 bridgehead atoms. The van der Waals surface area contributed by atoms with Crippen LogP contribution in [0.3, 0.4) is 0 Å². The highest BCUT2D eigenvalue weighted by molar-refractivity contribution is 7.10. The summed E-state index contributed by atoms with van der Waals surface area (Å²) in [5.74, 6) is -0.105. The Hall–Kier alpha value is -5.50. The summed E-state index contributed by atoms with van der Waals surface area (Å²) >= 11 is 1.47. The molecule has 0 aliphatic carbocycles. The molecule has 5 aromatic carbocycles. The number of methoxy groups -OCH3 is 1. The molecule has 2 aliphatic rings. The maximum atomic E-state index is 13.2. The molecule has 1 saturated heterocycles. The molecule has 0 saturated carbocycles. The van der Waals surface area contributed by atoms with Crippen LogP contribution in [0.5, 0.6) is 0 Å². The Bertz CT molecular complexity index is 2270. The number of nitrogens with zero attached hydrogens (tertiary/aromatic N) is 1. The lowest BCUT2D eigenvalue weighted by atomic mass is 9.86. The van der Waals surface area contributed by atoms with Crippen LogP contribution in [0.4, 0.5) is 0 Å². The van der Waals surface area contributed by atoms with Crippen molar-refractivity contribution in [1.82, 2.24) is 4.98 Å². The number of rotatable bonds is 20. The van der Waals surface area contributed by atoms with Crippen molar-refractivity contribution in [2.45, 2.75) is 82.2 Å². The zero-order chi connectivity index (χ0) is 43.1. The largest absolute Gasteiger partial charge is 0.467 e. The molecule has 3 heterocycles. The smallest absolute Gasteiger partial charge is 0.339 e. The summed E-state index contributed by atoms with van der Waals surface area (Å²) < 4.78 is 52.8. The first-order valence-corrected chi connectivity index (χ1v) is 22.3. The number of aromatic nitrogens is 1. The third-order valence-electron chi connectivity index (χ3n) is 11.1. The van der Waals surface area contributed by atoms with E-state index in [-0.39, 0.29) is 12.5 Å². The second kappa shape index (κ2) is 22.7. The summed E-state index contributed by atoms with van der Waals surface area (Å²) in [6, 6.07) is 49.8. The fourth-order valence-corrected chi connectivity index (χ4v) is 8.61. The summed E-state index contributed by atoms with van der Waals surface area (Å²) in [5, 5.41) is 2.61. The Morgan fingerprint density at radius 3 is 1.70 bits per heavy atom. The Morgan fingerprint density at radius 1 is 0.667 bits per heavy atom. The maximum Gasteiger partial charge on any atom is 0.339 e. The highest BCUT2D eigenvalue weighted by Gasteiger charge is 2.49. The molecule has 0 amide bonds. The van der Waals surface area contributed by atoms with Crippen molar-refractivity contribution in [3.05, 3.63) is 202 Å². The second-order valence-electron chi connectivity index (χ2n) is 15.6. The first-order valence-electron chi connectivity index (χ1n) is 21.4. The Labute approximate surface area is 373 Å². The van der Waals surface area contributed by atoms with Gasteiger partial charge in [0.2, 0.25) is 6.29 Å². The molecule has 1 fully saturated rings. The van der Waals surface area contributed by atoms with E-state index >= 15 is 0 Å². The lowest BCUT2D eigenvalue weighted by Gasteiger charge is -2.47. The molecule has 2 aliphatic heterocycles. The molecule has 0 N–H and O–H groups in total. The van der Waals surface area contributed by atoms with Crippen LogP contribution in [0.1, 0.15) is 51.8 Å². The van der Waals surface area contributed by atoms with Crippen LogP contribution in [0, 0.1) is 5.92 Å². The zero-order valence-electron chi connectivity index (χ0n) is 35.3. The lowest BCUT2D eigenvalue weighted by Crippen LogP contribution is -2.61. The number of hydrogen-bond donors (Lipinski definition) is 0. The highest BCUT2D eigenvalue weighted by atomic mass is 32.1. The standard InChI is InChI=1S/C52H53NO9S/c1-55-52(54)47(42-25-15-6-16-26-42)62-46-31-41(30-44(61-46)51-53-27-28-63-51)29-43-48(57-33-38-19-9-3-10-20-38)50(59-35-40-23-13-5-14-24-40)49(58-34-39-21-11-4-12-22-39)45(60-43)36-56-32-37-17-7-2-8-18-37/h2-28,30,41,43,45-50H,29,31-36H2,1H3/t41-,43-,45-,46-,47-,48-,49-,50-/m1/s1. The van der Waals surface area contributed by atoms with Gasteiger partial charge in [0, 0.05) is 18.0 Å². The average molecular weight is 868 g/mol. The van der Waals surface area contributed by atoms with Crippen molar-refractivity contribution < 1.29 is 42.7 Å². The number of allylic oxidation sites excluding steroid dienone is 1. The van der Waals surface area contributed by atoms with Crippen molar-refractivity contribution in [2.24, 2.45) is 5.92 Å². The number of carbonyl (C=O) groups is 1. The van der Waals surface area contributed by atoms with Gasteiger partial charge < -0.3 is 37.9 Å². The van der Waals surface area contributed by atoms with Gasteiger partial charge >= 0.3 is 5.97 Å². The predicted molar refractivity (Wildman–Crippen MR) is 240 cm³/mol. The third-order valence-corrected chi connectivity index (χ3v) is 11.9. The third kappa shape index (κ3) is 12.4. The van der Waals surface area contributed by atoms with Gasteiger partial charge in [-0.2, -0.15) is 0 Å². The van der Waals surface area contributed by atoms with E-state index in [9.17, 15) is 4.79 Å². The van der Waals surface area contributed by atoms with Gasteiger partial charge in [-0.25, -0.2) is 9.78 Å². The van der Waals surface area contributed by atoms with E-state index in [0.717, 1.165) is 22.3 Å². The van der Waals surface area contributed by atoms with Gasteiger partial charge in [-0.05, 0) is 46.2 Å². The molecule has 0 radical (unpaired) electrons. The van der Waals surface area contributed by atoms with E-state index in [1.54, 1.807) is 6.20 Å². The minimum absolute atomic E-state index is 0.160. The van der Waals surface area contributed by atoms with Crippen LogP contribution >= 0.6 is 11.3 Å². The van der Waals surface area contributed by atoms with Gasteiger partial charge in [0.15, 0.2) is 16.9 Å². The molecule has 8 atom stereocenters. The molecule has 0 unspecified atom stereocenters. The number of ether oxygens (including phenoxy) is 8. The van der Waals surface area contributed by atoms with E-state index in [2.05, 4.69) is 47.5 Å².